The van der Waals surface area contributed by atoms with E-state index in [4.69, 9.17) is 0 Å². The average molecular weight is 484 g/mol. The van der Waals surface area contributed by atoms with Crippen LogP contribution in [0.25, 0.3) is 0 Å². The third-order valence-corrected chi connectivity index (χ3v) is 5.94. The van der Waals surface area contributed by atoms with Gasteiger partial charge in [-0.1, -0.05) is 47.5 Å². The van der Waals surface area contributed by atoms with Crippen LogP contribution in [0.2, 0.25) is 0 Å². The zero-order chi connectivity index (χ0) is 24.2. The molecule has 1 aliphatic rings. The molecule has 3 aromatic rings. The number of aryl methyl sites for hydroxylation is 2. The number of sulfonamides is 1. The van der Waals surface area contributed by atoms with Gasteiger partial charge in [0.05, 0.1) is 11.3 Å². The van der Waals surface area contributed by atoms with E-state index in [1.807, 2.05) is 38.1 Å². The first-order chi connectivity index (χ1) is 15.6. The maximum Gasteiger partial charge on any atom is 0.286 e. The third-order valence-electron chi connectivity index (χ3n) is 4.62. The summed E-state index contributed by atoms with van der Waals surface area (Å²) in [6.45, 7) is 3.89. The maximum absolute atomic E-state index is 13.4. The number of guanidine groups is 1. The highest BCUT2D eigenvalue weighted by Crippen LogP contribution is 2.28. The fourth-order valence-electron chi connectivity index (χ4n) is 3.07. The van der Waals surface area contributed by atoms with Crippen molar-refractivity contribution >= 4 is 44.1 Å². The maximum atomic E-state index is 13.4. The van der Waals surface area contributed by atoms with Crippen LogP contribution in [0.1, 0.15) is 21.5 Å². The first-order valence-electron chi connectivity index (χ1n) is 10.0. The lowest BCUT2D eigenvalue weighted by atomic mass is 10.1. The number of benzene rings is 3. The van der Waals surface area contributed by atoms with E-state index in [1.54, 1.807) is 48.9 Å². The van der Waals surface area contributed by atoms with Crippen LogP contribution in [0.3, 0.4) is 0 Å². The zero-order valence-corrected chi connectivity index (χ0v) is 20.4. The van der Waals surface area contributed by atoms with E-state index >= 15 is 0 Å². The van der Waals surface area contributed by atoms with Gasteiger partial charge in [-0.15, -0.1) is 4.40 Å². The Kier molecular flexibility index (Phi) is 7.45. The summed E-state index contributed by atoms with van der Waals surface area (Å²) in [5.74, 6) is -0.539. The molecule has 172 valence electrons. The minimum atomic E-state index is -4.07. The van der Waals surface area contributed by atoms with Crippen molar-refractivity contribution in [1.82, 2.24) is 0 Å². The van der Waals surface area contributed by atoms with E-state index in [1.165, 1.54) is 17.0 Å². The SMILES string of the molecule is CS(C)=O.Cc1ccc(NC2=NS(=O)(=O)c3ccccc3C(=O)N2c2ccc(C)cc2)cc1. The Morgan fingerprint density at radius 2 is 1.36 bits per heavy atom. The van der Waals surface area contributed by atoms with Crippen LogP contribution in [-0.2, 0) is 20.8 Å². The van der Waals surface area contributed by atoms with Crippen LogP contribution in [0.15, 0.2) is 82.1 Å². The Labute approximate surface area is 196 Å². The second kappa shape index (κ2) is 10.1. The molecule has 0 radical (unpaired) electrons. The molecular formula is C24H25N3O4S2. The topological polar surface area (TPSA) is 95.9 Å². The molecule has 1 aliphatic heterocycles. The van der Waals surface area contributed by atoms with Gasteiger partial charge in [0.15, 0.2) is 0 Å². The summed E-state index contributed by atoms with van der Waals surface area (Å²) in [5.41, 5.74) is 3.31. The highest BCUT2D eigenvalue weighted by Gasteiger charge is 2.34. The van der Waals surface area contributed by atoms with Gasteiger partial charge < -0.3 is 5.32 Å². The highest BCUT2D eigenvalue weighted by atomic mass is 32.2. The van der Waals surface area contributed by atoms with Gasteiger partial charge in [0.1, 0.15) is 4.90 Å². The summed E-state index contributed by atoms with van der Waals surface area (Å²) in [6, 6.07) is 20.7. The van der Waals surface area contributed by atoms with Crippen molar-refractivity contribution in [3.63, 3.8) is 0 Å². The molecule has 0 bridgehead atoms. The average Bonchev–Trinajstić information content (AvgIpc) is 2.83. The molecule has 7 nitrogen and oxygen atoms in total. The lowest BCUT2D eigenvalue weighted by Gasteiger charge is -2.23. The van der Waals surface area contributed by atoms with E-state index in [0.717, 1.165) is 11.1 Å². The number of anilines is 2. The van der Waals surface area contributed by atoms with Gasteiger partial charge in [-0.25, -0.2) is 4.90 Å². The van der Waals surface area contributed by atoms with Gasteiger partial charge in [0.25, 0.3) is 15.9 Å². The highest BCUT2D eigenvalue weighted by molar-refractivity contribution is 7.90. The van der Waals surface area contributed by atoms with Crippen molar-refractivity contribution in [2.45, 2.75) is 18.7 Å². The first-order valence-corrected chi connectivity index (χ1v) is 13.4. The molecule has 0 aromatic heterocycles. The van der Waals surface area contributed by atoms with Gasteiger partial charge in [0.2, 0.25) is 5.96 Å². The van der Waals surface area contributed by atoms with Crippen molar-refractivity contribution in [3.8, 4) is 0 Å². The molecule has 33 heavy (non-hydrogen) atoms. The van der Waals surface area contributed by atoms with Crippen LogP contribution < -0.4 is 10.2 Å². The van der Waals surface area contributed by atoms with Crippen LogP contribution in [-0.4, -0.2) is 37.0 Å². The van der Waals surface area contributed by atoms with Crippen LogP contribution in [0.4, 0.5) is 11.4 Å². The van der Waals surface area contributed by atoms with E-state index in [9.17, 15) is 17.4 Å². The molecule has 0 fully saturated rings. The van der Waals surface area contributed by atoms with Crippen LogP contribution in [0.5, 0.6) is 0 Å². The number of hydrogen-bond donors (Lipinski definition) is 1. The van der Waals surface area contributed by atoms with Crippen molar-refractivity contribution < 1.29 is 17.4 Å². The van der Waals surface area contributed by atoms with Crippen LogP contribution >= 0.6 is 0 Å². The summed E-state index contributed by atoms with van der Waals surface area (Å²) in [7, 11) is -4.69. The number of carbonyl (C=O) groups is 1. The molecule has 0 saturated carbocycles. The van der Waals surface area contributed by atoms with E-state index in [0.29, 0.717) is 11.4 Å². The van der Waals surface area contributed by atoms with Crippen molar-refractivity contribution in [2.75, 3.05) is 22.7 Å². The molecule has 1 N–H and O–H groups in total. The van der Waals surface area contributed by atoms with Crippen molar-refractivity contribution in [2.24, 2.45) is 4.40 Å². The third kappa shape index (κ3) is 5.94. The molecule has 0 spiro atoms. The number of carbonyl (C=O) groups excluding carboxylic acids is 1. The Balaban J connectivity index is 0.000000709. The fourth-order valence-corrected chi connectivity index (χ4v) is 4.20. The number of nitrogens with zero attached hydrogens (tertiary/aromatic N) is 2. The number of fused-ring (bicyclic) bond motifs is 1. The van der Waals surface area contributed by atoms with Gasteiger partial charge in [0, 0.05) is 29.0 Å². The summed E-state index contributed by atoms with van der Waals surface area (Å²) in [5, 5.41) is 3.01. The molecule has 3 aromatic carbocycles. The number of rotatable bonds is 2. The molecule has 0 aliphatic carbocycles. The molecule has 0 atom stereocenters. The summed E-state index contributed by atoms with van der Waals surface area (Å²) in [6.07, 6.45) is 3.28. The van der Waals surface area contributed by atoms with E-state index in [2.05, 4.69) is 9.71 Å². The van der Waals surface area contributed by atoms with Crippen LogP contribution in [0, 0.1) is 13.8 Å². The van der Waals surface area contributed by atoms with E-state index < -0.39 is 26.7 Å². The normalized spacial score (nSPS) is 14.5. The van der Waals surface area contributed by atoms with Gasteiger partial charge in [-0.2, -0.15) is 8.42 Å². The predicted octanol–water partition coefficient (Wildman–Crippen LogP) is 4.12. The summed E-state index contributed by atoms with van der Waals surface area (Å²) in [4.78, 5) is 14.6. The quantitative estimate of drug-likeness (QED) is 0.592. The minimum absolute atomic E-state index is 0.0705. The first kappa shape index (κ1) is 24.3. The van der Waals surface area contributed by atoms with E-state index in [-0.39, 0.29) is 16.4 Å². The summed E-state index contributed by atoms with van der Waals surface area (Å²) >= 11 is 0. The molecule has 9 heteroatoms. The Bertz CT molecular complexity index is 1310. The molecular weight excluding hydrogens is 458 g/mol. The van der Waals surface area contributed by atoms with Gasteiger partial charge in [-0.3, -0.25) is 9.00 Å². The lowest BCUT2D eigenvalue weighted by molar-refractivity contribution is 0.0999. The molecule has 1 heterocycles. The number of hydrogen-bond acceptors (Lipinski definition) is 5. The van der Waals surface area contributed by atoms with Crippen molar-refractivity contribution in [3.05, 3.63) is 89.5 Å². The lowest BCUT2D eigenvalue weighted by Crippen LogP contribution is -2.40. The standard InChI is InChI=1S/C22H19N3O3S.C2H6OS/c1-15-7-11-17(12-8-15)23-22-24-29(27,28)20-6-4-3-5-19(20)21(26)25(22)18-13-9-16(2)10-14-18;1-4(2)3/h3-14H,1-2H3,(H,23,24);1-2H3. The Morgan fingerprint density at radius 3 is 1.94 bits per heavy atom. The van der Waals surface area contributed by atoms with Gasteiger partial charge in [-0.05, 0) is 50.2 Å². The molecule has 4 rings (SSSR count). The largest absolute Gasteiger partial charge is 0.325 e. The number of amides is 1. The molecule has 0 unspecified atom stereocenters. The second-order valence-corrected chi connectivity index (χ2v) is 10.7. The Hall–Kier alpha value is -3.30. The number of nitrogens with one attached hydrogen (secondary N) is 1. The predicted molar refractivity (Wildman–Crippen MR) is 134 cm³/mol. The monoisotopic (exact) mass is 483 g/mol. The van der Waals surface area contributed by atoms with Crippen molar-refractivity contribution in [1.29, 1.82) is 0 Å². The molecule has 1 amide bonds. The molecule has 0 saturated heterocycles. The second-order valence-electron chi connectivity index (χ2n) is 7.59. The minimum Gasteiger partial charge on any atom is -0.325 e. The Morgan fingerprint density at radius 1 is 0.848 bits per heavy atom. The van der Waals surface area contributed by atoms with Gasteiger partial charge >= 0.3 is 0 Å². The summed E-state index contributed by atoms with van der Waals surface area (Å²) < 4.78 is 39.4. The fraction of sp³-hybridized carbons (Fsp3) is 0.167. The smallest absolute Gasteiger partial charge is 0.286 e. The zero-order valence-electron chi connectivity index (χ0n) is 18.8.